The predicted octanol–water partition coefficient (Wildman–Crippen LogP) is 3.38. The van der Waals surface area contributed by atoms with Crippen molar-refractivity contribution < 1.29 is 9.13 Å². The Morgan fingerprint density at radius 1 is 1.42 bits per heavy atom. The minimum Gasteiger partial charge on any atom is -0.496 e. The molecule has 0 radical (unpaired) electrons. The number of aromatic nitrogens is 2. The van der Waals surface area contributed by atoms with Gasteiger partial charge < -0.3 is 10.1 Å². The van der Waals surface area contributed by atoms with Gasteiger partial charge in [0.25, 0.3) is 0 Å². The Bertz CT molecular complexity index is 592. The van der Waals surface area contributed by atoms with Crippen LogP contribution in [0.4, 0.5) is 10.3 Å². The Kier molecular flexibility index (Phi) is 4.16. The van der Waals surface area contributed by atoms with E-state index in [1.165, 1.54) is 7.11 Å². The maximum Gasteiger partial charge on any atom is 0.223 e. The van der Waals surface area contributed by atoms with Crippen LogP contribution in [-0.4, -0.2) is 23.6 Å². The van der Waals surface area contributed by atoms with Crippen LogP contribution in [0.5, 0.6) is 5.75 Å². The van der Waals surface area contributed by atoms with Crippen LogP contribution in [0.15, 0.2) is 24.4 Å². The van der Waals surface area contributed by atoms with Crippen LogP contribution in [0.3, 0.4) is 0 Å². The quantitative estimate of drug-likeness (QED) is 0.933. The van der Waals surface area contributed by atoms with Crippen molar-refractivity contribution in [2.24, 2.45) is 0 Å². The van der Waals surface area contributed by atoms with Gasteiger partial charge in [-0.2, -0.15) is 0 Å². The molecule has 1 aromatic heterocycles. The molecule has 0 aliphatic carbocycles. The van der Waals surface area contributed by atoms with Crippen LogP contribution in [0.1, 0.15) is 6.92 Å². The third-order valence-electron chi connectivity index (χ3n) is 2.50. The van der Waals surface area contributed by atoms with Gasteiger partial charge in [-0.25, -0.2) is 14.4 Å². The number of nitrogens with one attached hydrogen (secondary N) is 1. The molecule has 4 nitrogen and oxygen atoms in total. The highest BCUT2D eigenvalue weighted by Gasteiger charge is 2.14. The minimum absolute atomic E-state index is 0.158. The first kappa shape index (κ1) is 13.5. The van der Waals surface area contributed by atoms with Crippen molar-refractivity contribution in [3.63, 3.8) is 0 Å². The fourth-order valence-electron chi connectivity index (χ4n) is 1.66. The highest BCUT2D eigenvalue weighted by Crippen LogP contribution is 2.32. The Hall–Kier alpha value is -1.88. The Balaban J connectivity index is 2.56. The van der Waals surface area contributed by atoms with E-state index < -0.39 is 5.82 Å². The molecule has 0 unspecified atom stereocenters. The molecule has 0 spiro atoms. The number of benzene rings is 1. The Morgan fingerprint density at radius 3 is 2.89 bits per heavy atom. The second-order valence-electron chi connectivity index (χ2n) is 3.77. The van der Waals surface area contributed by atoms with Gasteiger partial charge in [0.15, 0.2) is 5.82 Å². The van der Waals surface area contributed by atoms with Gasteiger partial charge in [0, 0.05) is 17.1 Å². The first-order chi connectivity index (χ1) is 9.15. The summed E-state index contributed by atoms with van der Waals surface area (Å²) in [6.45, 7) is 2.56. The van der Waals surface area contributed by atoms with E-state index in [0.29, 0.717) is 28.8 Å². The van der Waals surface area contributed by atoms with E-state index in [2.05, 4.69) is 15.3 Å². The maximum atomic E-state index is 13.9. The van der Waals surface area contributed by atoms with E-state index in [4.69, 9.17) is 16.3 Å². The number of methoxy groups -OCH3 is 1. The lowest BCUT2D eigenvalue weighted by Crippen LogP contribution is -2.04. The Labute approximate surface area is 115 Å². The molecular formula is C13H13ClFN3O. The van der Waals surface area contributed by atoms with Gasteiger partial charge in [-0.3, -0.25) is 0 Å². The molecule has 1 heterocycles. The topological polar surface area (TPSA) is 47.0 Å². The third-order valence-corrected chi connectivity index (χ3v) is 2.73. The lowest BCUT2D eigenvalue weighted by atomic mass is 10.1. The zero-order chi connectivity index (χ0) is 13.8. The average molecular weight is 282 g/mol. The second kappa shape index (κ2) is 5.84. The molecular weight excluding hydrogens is 269 g/mol. The van der Waals surface area contributed by atoms with Crippen LogP contribution in [-0.2, 0) is 0 Å². The molecule has 100 valence electrons. The van der Waals surface area contributed by atoms with Crippen molar-refractivity contribution in [3.8, 4) is 17.0 Å². The molecule has 0 bridgehead atoms. The van der Waals surface area contributed by atoms with Crippen LogP contribution in [0, 0.1) is 5.82 Å². The number of halogens is 2. The maximum absolute atomic E-state index is 13.9. The van der Waals surface area contributed by atoms with Crippen molar-refractivity contribution >= 4 is 17.5 Å². The van der Waals surface area contributed by atoms with E-state index in [-0.39, 0.29) is 5.69 Å². The van der Waals surface area contributed by atoms with Crippen molar-refractivity contribution in [2.75, 3.05) is 19.0 Å². The molecule has 0 fully saturated rings. The minimum atomic E-state index is -0.526. The van der Waals surface area contributed by atoms with E-state index in [0.717, 1.165) is 6.20 Å². The van der Waals surface area contributed by atoms with Crippen LogP contribution < -0.4 is 10.1 Å². The van der Waals surface area contributed by atoms with Crippen molar-refractivity contribution in [1.82, 2.24) is 9.97 Å². The molecule has 0 atom stereocenters. The summed E-state index contributed by atoms with van der Waals surface area (Å²) >= 11 is 5.94. The highest BCUT2D eigenvalue weighted by atomic mass is 35.5. The normalized spacial score (nSPS) is 10.3. The number of nitrogens with zero attached hydrogens (tertiary/aromatic N) is 2. The van der Waals surface area contributed by atoms with Gasteiger partial charge in [0.2, 0.25) is 5.95 Å². The lowest BCUT2D eigenvalue weighted by Gasteiger charge is -2.10. The first-order valence-corrected chi connectivity index (χ1v) is 6.13. The van der Waals surface area contributed by atoms with E-state index >= 15 is 0 Å². The van der Waals surface area contributed by atoms with Crippen LogP contribution in [0.2, 0.25) is 5.02 Å². The summed E-state index contributed by atoms with van der Waals surface area (Å²) in [6.07, 6.45) is 1.13. The number of rotatable bonds is 4. The average Bonchev–Trinajstić information content (AvgIpc) is 2.41. The third kappa shape index (κ3) is 2.93. The summed E-state index contributed by atoms with van der Waals surface area (Å²) in [7, 11) is 1.51. The number of hydrogen-bond acceptors (Lipinski definition) is 4. The molecule has 2 rings (SSSR count). The van der Waals surface area contributed by atoms with Gasteiger partial charge in [0.05, 0.1) is 13.3 Å². The molecule has 1 aromatic carbocycles. The standard InChI is InChI=1S/C13H13ClFN3O/c1-3-16-13-17-7-10(15)12(18-13)9-6-8(14)4-5-11(9)19-2/h4-7H,3H2,1-2H3,(H,16,17,18). The molecule has 0 saturated carbocycles. The number of ether oxygens (including phenoxy) is 1. The van der Waals surface area contributed by atoms with Gasteiger partial charge in [-0.15, -0.1) is 0 Å². The summed E-state index contributed by atoms with van der Waals surface area (Å²) in [5.74, 6) is 0.340. The lowest BCUT2D eigenvalue weighted by molar-refractivity contribution is 0.416. The van der Waals surface area contributed by atoms with Crippen molar-refractivity contribution in [2.45, 2.75) is 6.92 Å². The zero-order valence-electron chi connectivity index (χ0n) is 10.6. The second-order valence-corrected chi connectivity index (χ2v) is 4.20. The number of anilines is 1. The van der Waals surface area contributed by atoms with Crippen LogP contribution >= 0.6 is 11.6 Å². The highest BCUT2D eigenvalue weighted by molar-refractivity contribution is 6.30. The summed E-state index contributed by atoms with van der Waals surface area (Å²) in [5.41, 5.74) is 0.652. The molecule has 0 saturated heterocycles. The fourth-order valence-corrected chi connectivity index (χ4v) is 1.84. The predicted molar refractivity (Wildman–Crippen MR) is 73.2 cm³/mol. The van der Waals surface area contributed by atoms with Crippen molar-refractivity contribution in [3.05, 3.63) is 35.2 Å². The van der Waals surface area contributed by atoms with E-state index in [1.54, 1.807) is 18.2 Å². The van der Waals surface area contributed by atoms with E-state index in [9.17, 15) is 4.39 Å². The van der Waals surface area contributed by atoms with Gasteiger partial charge in [0.1, 0.15) is 11.4 Å². The van der Waals surface area contributed by atoms with Gasteiger partial charge >= 0.3 is 0 Å². The molecule has 19 heavy (non-hydrogen) atoms. The molecule has 0 aliphatic rings. The summed E-state index contributed by atoms with van der Waals surface area (Å²) in [4.78, 5) is 8.01. The van der Waals surface area contributed by atoms with E-state index in [1.807, 2.05) is 6.92 Å². The smallest absolute Gasteiger partial charge is 0.223 e. The van der Waals surface area contributed by atoms with Gasteiger partial charge in [-0.05, 0) is 25.1 Å². The molecule has 6 heteroatoms. The SMILES string of the molecule is CCNc1ncc(F)c(-c2cc(Cl)ccc2OC)n1. The van der Waals surface area contributed by atoms with Crippen molar-refractivity contribution in [1.29, 1.82) is 0 Å². The summed E-state index contributed by atoms with van der Waals surface area (Å²) < 4.78 is 19.1. The first-order valence-electron chi connectivity index (χ1n) is 5.76. The molecule has 0 amide bonds. The molecule has 0 aliphatic heterocycles. The summed E-state index contributed by atoms with van der Waals surface area (Å²) in [5, 5.41) is 3.42. The Morgan fingerprint density at radius 2 is 2.21 bits per heavy atom. The molecule has 1 N–H and O–H groups in total. The largest absolute Gasteiger partial charge is 0.496 e. The monoisotopic (exact) mass is 281 g/mol. The number of hydrogen-bond donors (Lipinski definition) is 1. The zero-order valence-corrected chi connectivity index (χ0v) is 11.3. The van der Waals surface area contributed by atoms with Gasteiger partial charge in [-0.1, -0.05) is 11.6 Å². The molecule has 2 aromatic rings. The summed E-state index contributed by atoms with van der Waals surface area (Å²) in [6, 6.07) is 4.96. The fraction of sp³-hybridized carbons (Fsp3) is 0.231. The van der Waals surface area contributed by atoms with Crippen LogP contribution in [0.25, 0.3) is 11.3 Å².